The Balaban J connectivity index is 2.04. The zero-order valence-corrected chi connectivity index (χ0v) is 14.6. The van der Waals surface area contributed by atoms with Crippen molar-refractivity contribution >= 4 is 28.2 Å². The summed E-state index contributed by atoms with van der Waals surface area (Å²) in [5.41, 5.74) is 0.464. The van der Waals surface area contributed by atoms with Crippen molar-refractivity contribution in [3.05, 3.63) is 64.2 Å². The number of hydrogen-bond acceptors (Lipinski definition) is 5. The molecule has 1 N–H and O–H groups in total. The molecular formula is C19H16FN3O4. The maximum atomic E-state index is 13.7. The molecule has 3 aromatic rings. The van der Waals surface area contributed by atoms with Crippen molar-refractivity contribution in [1.82, 2.24) is 4.57 Å². The average molecular weight is 369 g/mol. The first-order valence-electron chi connectivity index (χ1n) is 8.10. The van der Waals surface area contributed by atoms with E-state index in [1.165, 1.54) is 31.5 Å². The lowest BCUT2D eigenvalue weighted by atomic mass is 10.1. The van der Waals surface area contributed by atoms with Crippen molar-refractivity contribution in [1.29, 1.82) is 0 Å². The molecule has 0 bridgehead atoms. The highest BCUT2D eigenvalue weighted by Crippen LogP contribution is 2.26. The molecule has 0 radical (unpaired) electrons. The van der Waals surface area contributed by atoms with Crippen LogP contribution in [0.5, 0.6) is 5.75 Å². The van der Waals surface area contributed by atoms with E-state index in [1.54, 1.807) is 22.8 Å². The van der Waals surface area contributed by atoms with Gasteiger partial charge < -0.3 is 14.4 Å². The number of methoxy groups -OCH3 is 1. The molecule has 138 valence electrons. The van der Waals surface area contributed by atoms with E-state index in [2.05, 4.69) is 10.2 Å². The van der Waals surface area contributed by atoms with Gasteiger partial charge in [-0.1, -0.05) is 0 Å². The molecule has 1 aromatic heterocycles. The zero-order chi connectivity index (χ0) is 19.6. The van der Waals surface area contributed by atoms with Crippen molar-refractivity contribution < 1.29 is 19.0 Å². The van der Waals surface area contributed by atoms with Gasteiger partial charge in [-0.15, -0.1) is 0 Å². The number of benzene rings is 2. The lowest BCUT2D eigenvalue weighted by Crippen LogP contribution is -2.18. The lowest BCUT2D eigenvalue weighted by molar-refractivity contribution is 0.0695. The second-order valence-electron chi connectivity index (χ2n) is 5.68. The van der Waals surface area contributed by atoms with Crippen LogP contribution in [0.2, 0.25) is 0 Å². The summed E-state index contributed by atoms with van der Waals surface area (Å²) in [6.45, 7) is 2.31. The van der Waals surface area contributed by atoms with Crippen LogP contribution in [0.1, 0.15) is 17.3 Å². The van der Waals surface area contributed by atoms with E-state index in [1.807, 2.05) is 6.92 Å². The number of carboxylic acids is 1. The fraction of sp³-hybridized carbons (Fsp3) is 0.158. The molecule has 0 fully saturated rings. The number of aromatic carboxylic acids is 1. The summed E-state index contributed by atoms with van der Waals surface area (Å²) in [7, 11) is 1.37. The number of pyridine rings is 1. The second kappa shape index (κ2) is 7.36. The quantitative estimate of drug-likeness (QED) is 0.679. The third-order valence-electron chi connectivity index (χ3n) is 4.05. The predicted octanol–water partition coefficient (Wildman–Crippen LogP) is 4.28. The van der Waals surface area contributed by atoms with Crippen molar-refractivity contribution in [2.24, 2.45) is 10.2 Å². The SMILES string of the molecule is CCn1cc(C(=O)O)c(=O)c2ccc(N=Nc3ccc(OC)c(F)c3)cc21. The zero-order valence-electron chi connectivity index (χ0n) is 14.6. The lowest BCUT2D eigenvalue weighted by Gasteiger charge is -2.10. The molecule has 2 aromatic carbocycles. The second-order valence-corrected chi connectivity index (χ2v) is 5.68. The standard InChI is InChI=1S/C19H16FN3O4/c1-3-23-10-14(19(25)26)18(24)13-6-4-12(9-16(13)23)22-21-11-5-7-17(27-2)15(20)8-11/h4-10H,3H2,1-2H3,(H,25,26). The molecule has 0 aliphatic carbocycles. The number of carboxylic acid groups (broad SMARTS) is 1. The van der Waals surface area contributed by atoms with E-state index in [0.717, 1.165) is 0 Å². The van der Waals surface area contributed by atoms with Crippen LogP contribution in [-0.4, -0.2) is 22.8 Å². The van der Waals surface area contributed by atoms with Crippen LogP contribution >= 0.6 is 0 Å². The number of fused-ring (bicyclic) bond motifs is 1. The summed E-state index contributed by atoms with van der Waals surface area (Å²) in [6, 6.07) is 8.91. The van der Waals surface area contributed by atoms with Crippen molar-refractivity contribution in [3.63, 3.8) is 0 Å². The number of aryl methyl sites for hydroxylation is 1. The molecule has 0 aliphatic rings. The third-order valence-corrected chi connectivity index (χ3v) is 4.05. The Kier molecular flexibility index (Phi) is 4.98. The van der Waals surface area contributed by atoms with Crippen LogP contribution in [0.25, 0.3) is 10.9 Å². The Morgan fingerprint density at radius 1 is 1.19 bits per heavy atom. The minimum absolute atomic E-state index is 0.112. The number of carbonyl (C=O) groups is 1. The summed E-state index contributed by atoms with van der Waals surface area (Å²) >= 11 is 0. The van der Waals surface area contributed by atoms with Gasteiger partial charge in [0.2, 0.25) is 5.43 Å². The molecule has 8 heteroatoms. The minimum Gasteiger partial charge on any atom is -0.494 e. The molecule has 0 aliphatic heterocycles. The number of rotatable bonds is 5. The highest BCUT2D eigenvalue weighted by molar-refractivity contribution is 5.93. The van der Waals surface area contributed by atoms with E-state index in [-0.39, 0.29) is 16.7 Å². The van der Waals surface area contributed by atoms with E-state index >= 15 is 0 Å². The average Bonchev–Trinajstić information content (AvgIpc) is 2.66. The molecule has 0 spiro atoms. The Hall–Kier alpha value is -3.55. The molecule has 7 nitrogen and oxygen atoms in total. The van der Waals surface area contributed by atoms with Crippen molar-refractivity contribution in [2.75, 3.05) is 7.11 Å². The van der Waals surface area contributed by atoms with Gasteiger partial charge in [-0.2, -0.15) is 10.2 Å². The molecule has 0 saturated carbocycles. The van der Waals surface area contributed by atoms with Gasteiger partial charge in [-0.25, -0.2) is 9.18 Å². The van der Waals surface area contributed by atoms with Crippen LogP contribution in [0, 0.1) is 5.82 Å². The first kappa shape index (κ1) is 18.2. The van der Waals surface area contributed by atoms with Gasteiger partial charge in [0.15, 0.2) is 11.6 Å². The Morgan fingerprint density at radius 2 is 1.85 bits per heavy atom. The predicted molar refractivity (Wildman–Crippen MR) is 98.0 cm³/mol. The first-order chi connectivity index (χ1) is 12.9. The largest absolute Gasteiger partial charge is 0.494 e. The molecule has 1 heterocycles. The molecule has 0 amide bonds. The number of aromatic nitrogens is 1. The van der Waals surface area contributed by atoms with Crippen LogP contribution in [0.3, 0.4) is 0 Å². The van der Waals surface area contributed by atoms with Crippen LogP contribution in [-0.2, 0) is 6.54 Å². The smallest absolute Gasteiger partial charge is 0.341 e. The minimum atomic E-state index is -1.27. The van der Waals surface area contributed by atoms with Gasteiger partial charge in [0.05, 0.1) is 24.0 Å². The Morgan fingerprint density at radius 3 is 2.44 bits per heavy atom. The summed E-state index contributed by atoms with van der Waals surface area (Å²) in [5.74, 6) is -1.70. The highest BCUT2D eigenvalue weighted by Gasteiger charge is 2.14. The van der Waals surface area contributed by atoms with E-state index in [9.17, 15) is 19.1 Å². The number of halogens is 1. The van der Waals surface area contributed by atoms with Crippen LogP contribution in [0.15, 0.2) is 57.6 Å². The molecule has 0 unspecified atom stereocenters. The van der Waals surface area contributed by atoms with E-state index in [4.69, 9.17) is 4.74 Å². The number of nitrogens with zero attached hydrogens (tertiary/aromatic N) is 3. The Bertz CT molecular complexity index is 1120. The van der Waals surface area contributed by atoms with Gasteiger partial charge in [-0.3, -0.25) is 4.79 Å². The Labute approximate surface area is 153 Å². The normalized spacial score (nSPS) is 11.2. The summed E-state index contributed by atoms with van der Waals surface area (Å²) in [4.78, 5) is 23.6. The third kappa shape index (κ3) is 3.55. The first-order valence-corrected chi connectivity index (χ1v) is 8.10. The van der Waals surface area contributed by atoms with E-state index < -0.39 is 17.2 Å². The van der Waals surface area contributed by atoms with Crippen molar-refractivity contribution in [3.8, 4) is 5.75 Å². The maximum absolute atomic E-state index is 13.7. The highest BCUT2D eigenvalue weighted by atomic mass is 19.1. The molecule has 3 rings (SSSR count). The van der Waals surface area contributed by atoms with Gasteiger partial charge in [0.25, 0.3) is 0 Å². The maximum Gasteiger partial charge on any atom is 0.341 e. The van der Waals surface area contributed by atoms with Crippen LogP contribution in [0.4, 0.5) is 15.8 Å². The summed E-state index contributed by atoms with van der Waals surface area (Å²) < 4.78 is 20.2. The molecular weight excluding hydrogens is 353 g/mol. The van der Waals surface area contributed by atoms with Gasteiger partial charge in [-0.05, 0) is 37.3 Å². The number of hydrogen-bond donors (Lipinski definition) is 1. The monoisotopic (exact) mass is 369 g/mol. The van der Waals surface area contributed by atoms with Gasteiger partial charge >= 0.3 is 5.97 Å². The van der Waals surface area contributed by atoms with Crippen molar-refractivity contribution in [2.45, 2.75) is 13.5 Å². The van der Waals surface area contributed by atoms with E-state index in [0.29, 0.717) is 23.4 Å². The van der Waals surface area contributed by atoms with Gasteiger partial charge in [0, 0.05) is 24.2 Å². The van der Waals surface area contributed by atoms with Crippen LogP contribution < -0.4 is 10.2 Å². The van der Waals surface area contributed by atoms with Gasteiger partial charge in [0.1, 0.15) is 5.56 Å². The topological polar surface area (TPSA) is 93.2 Å². The molecule has 0 saturated heterocycles. The summed E-state index contributed by atoms with van der Waals surface area (Å²) in [6.07, 6.45) is 1.31. The number of azo groups is 1. The molecule has 0 atom stereocenters. The fourth-order valence-electron chi connectivity index (χ4n) is 2.69. The number of ether oxygens (including phenoxy) is 1. The fourth-order valence-corrected chi connectivity index (χ4v) is 2.69. The summed E-state index contributed by atoms with van der Waals surface area (Å²) in [5, 5.41) is 17.5. The molecule has 27 heavy (non-hydrogen) atoms.